The molecule has 0 aromatic heterocycles. The lowest BCUT2D eigenvalue weighted by molar-refractivity contribution is 0.0373. The van der Waals surface area contributed by atoms with Gasteiger partial charge in [-0.2, -0.15) is 0 Å². The maximum atomic E-state index is 9.13. The Morgan fingerprint density at radius 3 is 1.50 bits per heavy atom. The summed E-state index contributed by atoms with van der Waals surface area (Å²) in [5.41, 5.74) is 0. The molecule has 0 aromatic carbocycles. The lowest BCUT2D eigenvalue weighted by atomic mass is 9.59. The number of aliphatic hydroxyl groups excluding tert-OH is 1. The highest BCUT2D eigenvalue weighted by Gasteiger charge is 2.40. The van der Waals surface area contributed by atoms with Crippen molar-refractivity contribution < 1.29 is 5.11 Å². The molecule has 0 amide bonds. The Morgan fingerprint density at radius 1 is 0.531 bits per heavy atom. The molecule has 0 spiro atoms. The Hall–Kier alpha value is -0.0400. The van der Waals surface area contributed by atoms with Gasteiger partial charge in [0.15, 0.2) is 0 Å². The van der Waals surface area contributed by atoms with E-state index in [4.69, 9.17) is 5.11 Å². The van der Waals surface area contributed by atoms with Gasteiger partial charge in [0.1, 0.15) is 0 Å². The van der Waals surface area contributed by atoms with Crippen LogP contribution in [0.3, 0.4) is 0 Å². The van der Waals surface area contributed by atoms with Gasteiger partial charge in [-0.05, 0) is 79.4 Å². The first-order valence-corrected chi connectivity index (χ1v) is 15.3. The van der Waals surface area contributed by atoms with Crippen LogP contribution in [-0.4, -0.2) is 11.7 Å². The van der Waals surface area contributed by atoms with Gasteiger partial charge < -0.3 is 5.11 Å². The van der Waals surface area contributed by atoms with E-state index in [1.807, 2.05) is 0 Å². The number of unbranched alkanes of at least 4 members (excludes halogenated alkanes) is 1. The summed E-state index contributed by atoms with van der Waals surface area (Å²) in [6.07, 6.45) is 27.7. The van der Waals surface area contributed by atoms with E-state index in [0.29, 0.717) is 6.61 Å². The van der Waals surface area contributed by atoms with E-state index < -0.39 is 0 Å². The van der Waals surface area contributed by atoms with Crippen LogP contribution >= 0.6 is 0 Å². The summed E-state index contributed by atoms with van der Waals surface area (Å²) < 4.78 is 0. The van der Waals surface area contributed by atoms with Crippen molar-refractivity contribution in [3.8, 4) is 0 Å². The van der Waals surface area contributed by atoms with Crippen LogP contribution in [-0.2, 0) is 0 Å². The molecule has 0 aliphatic heterocycles. The van der Waals surface area contributed by atoms with E-state index in [2.05, 4.69) is 20.8 Å². The Kier molecular flexibility index (Phi) is 11.9. The van der Waals surface area contributed by atoms with Crippen LogP contribution < -0.4 is 0 Å². The minimum atomic E-state index is 0.383. The fourth-order valence-corrected chi connectivity index (χ4v) is 8.59. The predicted molar refractivity (Wildman–Crippen MR) is 140 cm³/mol. The van der Waals surface area contributed by atoms with Crippen molar-refractivity contribution in [1.29, 1.82) is 0 Å². The van der Waals surface area contributed by atoms with Gasteiger partial charge >= 0.3 is 0 Å². The van der Waals surface area contributed by atoms with Crippen molar-refractivity contribution in [3.05, 3.63) is 0 Å². The molecule has 3 rings (SSSR count). The van der Waals surface area contributed by atoms with Gasteiger partial charge in [-0.15, -0.1) is 0 Å². The molecule has 188 valence electrons. The van der Waals surface area contributed by atoms with Crippen molar-refractivity contribution >= 4 is 0 Å². The van der Waals surface area contributed by atoms with Gasteiger partial charge in [-0.25, -0.2) is 0 Å². The highest BCUT2D eigenvalue weighted by Crippen LogP contribution is 2.50. The van der Waals surface area contributed by atoms with Crippen LogP contribution in [0.25, 0.3) is 0 Å². The molecule has 0 saturated heterocycles. The van der Waals surface area contributed by atoms with E-state index in [1.165, 1.54) is 83.5 Å². The predicted octanol–water partition coefficient (Wildman–Crippen LogP) is 9.42. The summed E-state index contributed by atoms with van der Waals surface area (Å²) >= 11 is 0. The Morgan fingerprint density at radius 2 is 1.00 bits per heavy atom. The molecule has 0 aromatic rings. The molecule has 3 aliphatic carbocycles. The van der Waals surface area contributed by atoms with E-state index >= 15 is 0 Å². The molecule has 1 N–H and O–H groups in total. The lowest BCUT2D eigenvalue weighted by Gasteiger charge is -2.46. The van der Waals surface area contributed by atoms with Gasteiger partial charge in [0.2, 0.25) is 0 Å². The van der Waals surface area contributed by atoms with Crippen molar-refractivity contribution in [1.82, 2.24) is 0 Å². The topological polar surface area (TPSA) is 20.2 Å². The quantitative estimate of drug-likeness (QED) is 0.296. The molecule has 3 aliphatic rings. The van der Waals surface area contributed by atoms with Crippen LogP contribution in [0.15, 0.2) is 0 Å². The van der Waals surface area contributed by atoms with Crippen LogP contribution in [0.4, 0.5) is 0 Å². The number of hydrogen-bond acceptors (Lipinski definition) is 1. The maximum Gasteiger partial charge on any atom is 0.0431 e. The molecular weight excluding hydrogens is 388 g/mol. The molecule has 0 bridgehead atoms. The molecule has 6 atom stereocenters. The van der Waals surface area contributed by atoms with Crippen LogP contribution in [0.5, 0.6) is 0 Å². The van der Waals surface area contributed by atoms with Gasteiger partial charge in [-0.3, -0.25) is 0 Å². The van der Waals surface area contributed by atoms with Crippen LogP contribution in [0, 0.1) is 47.3 Å². The number of hydrogen-bond donors (Lipinski definition) is 1. The third-order valence-corrected chi connectivity index (χ3v) is 10.6. The minimum Gasteiger partial charge on any atom is -0.396 e. The molecular formula is C31H58O. The smallest absolute Gasteiger partial charge is 0.0431 e. The average Bonchev–Trinajstić information content (AvgIpc) is 2.83. The van der Waals surface area contributed by atoms with Crippen molar-refractivity contribution in [3.63, 3.8) is 0 Å². The molecule has 32 heavy (non-hydrogen) atoms. The molecule has 0 heterocycles. The van der Waals surface area contributed by atoms with Gasteiger partial charge in [0, 0.05) is 6.61 Å². The first kappa shape index (κ1) is 26.6. The standard InChI is InChI=1S/C31H58O/c1-4-9-24-11-13-25(14-12-24)15-16-27-18-20-31(29(6-3)23-27)30-19-17-26(10-7-8-21-32)22-28(30)5-2/h24-32H,4-23H2,1-3H3. The summed E-state index contributed by atoms with van der Waals surface area (Å²) in [4.78, 5) is 0. The van der Waals surface area contributed by atoms with E-state index in [1.54, 1.807) is 32.1 Å². The monoisotopic (exact) mass is 446 g/mol. The molecule has 6 unspecified atom stereocenters. The fourth-order valence-electron chi connectivity index (χ4n) is 8.59. The zero-order chi connectivity index (χ0) is 22.8. The summed E-state index contributed by atoms with van der Waals surface area (Å²) in [6, 6.07) is 0. The molecule has 1 nitrogen and oxygen atoms in total. The van der Waals surface area contributed by atoms with Gasteiger partial charge in [0.05, 0.1) is 0 Å². The molecule has 3 fully saturated rings. The number of aliphatic hydroxyl groups is 1. The van der Waals surface area contributed by atoms with E-state index in [-0.39, 0.29) is 0 Å². The fraction of sp³-hybridized carbons (Fsp3) is 1.00. The Balaban J connectivity index is 1.43. The van der Waals surface area contributed by atoms with Crippen molar-refractivity contribution in [2.24, 2.45) is 47.3 Å². The Labute approximate surface area is 201 Å². The summed E-state index contributed by atoms with van der Waals surface area (Å²) in [5, 5.41) is 9.13. The maximum absolute atomic E-state index is 9.13. The zero-order valence-corrected chi connectivity index (χ0v) is 22.2. The summed E-state index contributed by atoms with van der Waals surface area (Å²) in [7, 11) is 0. The average molecular weight is 447 g/mol. The van der Waals surface area contributed by atoms with Crippen molar-refractivity contribution in [2.45, 2.75) is 143 Å². The molecule has 1 heteroatoms. The summed E-state index contributed by atoms with van der Waals surface area (Å²) in [5.74, 6) is 8.17. The second-order valence-corrected chi connectivity index (χ2v) is 12.5. The second-order valence-electron chi connectivity index (χ2n) is 12.5. The van der Waals surface area contributed by atoms with Crippen molar-refractivity contribution in [2.75, 3.05) is 6.61 Å². The first-order chi connectivity index (χ1) is 15.7. The van der Waals surface area contributed by atoms with Gasteiger partial charge in [-0.1, -0.05) is 111 Å². The normalized spacial score (nSPS) is 38.6. The van der Waals surface area contributed by atoms with E-state index in [9.17, 15) is 0 Å². The molecule has 0 radical (unpaired) electrons. The SMILES string of the molecule is CCCC1CCC(CCC2CCC(C3CCC(CCCCO)CC3CC)C(CC)C2)CC1. The third-order valence-electron chi connectivity index (χ3n) is 10.6. The highest BCUT2D eigenvalue weighted by atomic mass is 16.2. The van der Waals surface area contributed by atoms with Crippen LogP contribution in [0.1, 0.15) is 143 Å². The minimum absolute atomic E-state index is 0.383. The first-order valence-electron chi connectivity index (χ1n) is 15.3. The molecule has 3 saturated carbocycles. The van der Waals surface area contributed by atoms with Gasteiger partial charge in [0.25, 0.3) is 0 Å². The number of rotatable bonds is 12. The highest BCUT2D eigenvalue weighted by molar-refractivity contribution is 4.90. The third kappa shape index (κ3) is 7.74. The second kappa shape index (κ2) is 14.4. The van der Waals surface area contributed by atoms with Crippen LogP contribution in [0.2, 0.25) is 0 Å². The lowest BCUT2D eigenvalue weighted by Crippen LogP contribution is -2.37. The summed E-state index contributed by atoms with van der Waals surface area (Å²) in [6.45, 7) is 7.71. The largest absolute Gasteiger partial charge is 0.396 e. The zero-order valence-electron chi connectivity index (χ0n) is 22.2. The van der Waals surface area contributed by atoms with E-state index in [0.717, 1.165) is 53.8 Å². The Bertz CT molecular complexity index is 479.